The van der Waals surface area contributed by atoms with Gasteiger partial charge in [0.25, 0.3) is 0 Å². The van der Waals surface area contributed by atoms with E-state index >= 15 is 0 Å². The van der Waals surface area contributed by atoms with Crippen LogP contribution in [0.3, 0.4) is 0 Å². The fourth-order valence-corrected chi connectivity index (χ4v) is 1.44. The normalized spacial score (nSPS) is 14.9. The average molecular weight is 196 g/mol. The Morgan fingerprint density at radius 1 is 1.57 bits per heavy atom. The molecule has 0 amide bonds. The van der Waals surface area contributed by atoms with E-state index in [0.29, 0.717) is 0 Å². The van der Waals surface area contributed by atoms with E-state index in [-0.39, 0.29) is 17.9 Å². The van der Waals surface area contributed by atoms with Crippen molar-refractivity contribution in [3.63, 3.8) is 0 Å². The monoisotopic (exact) mass is 196 g/mol. The summed E-state index contributed by atoms with van der Waals surface area (Å²) in [6.07, 6.45) is 3.61. The highest BCUT2D eigenvalue weighted by atomic mass is 16.5. The molecule has 1 aromatic rings. The van der Waals surface area contributed by atoms with Gasteiger partial charge in [0.2, 0.25) is 0 Å². The molecule has 0 saturated heterocycles. The quantitative estimate of drug-likeness (QED) is 0.689. The summed E-state index contributed by atoms with van der Waals surface area (Å²) < 4.78 is 6.67. The lowest BCUT2D eigenvalue weighted by Crippen LogP contribution is -2.23. The van der Waals surface area contributed by atoms with Gasteiger partial charge in [-0.3, -0.25) is 4.79 Å². The van der Waals surface area contributed by atoms with Gasteiger partial charge in [-0.15, -0.1) is 0 Å². The van der Waals surface area contributed by atoms with E-state index in [9.17, 15) is 4.79 Å². The SMILES string of the molecule is COC(=O)C(C)C(C)n1ccnc1C. The van der Waals surface area contributed by atoms with Crippen LogP contribution in [0.5, 0.6) is 0 Å². The first-order valence-electron chi connectivity index (χ1n) is 4.65. The summed E-state index contributed by atoms with van der Waals surface area (Å²) in [6, 6.07) is 0.0740. The van der Waals surface area contributed by atoms with Gasteiger partial charge in [-0.25, -0.2) is 4.98 Å². The number of methoxy groups -OCH3 is 1. The standard InChI is InChI=1S/C10H16N2O2/c1-7(10(13)14-4)8(2)12-6-5-11-9(12)3/h5-8H,1-4H3. The largest absolute Gasteiger partial charge is 0.469 e. The molecular formula is C10H16N2O2. The van der Waals surface area contributed by atoms with Crippen LogP contribution in [0.1, 0.15) is 25.7 Å². The van der Waals surface area contributed by atoms with Crippen molar-refractivity contribution in [2.45, 2.75) is 26.8 Å². The van der Waals surface area contributed by atoms with E-state index in [1.165, 1.54) is 7.11 Å². The van der Waals surface area contributed by atoms with E-state index in [0.717, 1.165) is 5.82 Å². The molecule has 14 heavy (non-hydrogen) atoms. The van der Waals surface area contributed by atoms with E-state index < -0.39 is 0 Å². The zero-order chi connectivity index (χ0) is 10.7. The second-order valence-corrected chi connectivity index (χ2v) is 3.43. The lowest BCUT2D eigenvalue weighted by atomic mass is 10.0. The first-order valence-corrected chi connectivity index (χ1v) is 4.65. The van der Waals surface area contributed by atoms with Crippen molar-refractivity contribution in [2.75, 3.05) is 7.11 Å². The smallest absolute Gasteiger partial charge is 0.310 e. The fourth-order valence-electron chi connectivity index (χ4n) is 1.44. The molecule has 0 bridgehead atoms. The maximum Gasteiger partial charge on any atom is 0.310 e. The third-order valence-electron chi connectivity index (χ3n) is 2.60. The van der Waals surface area contributed by atoms with E-state index in [1.807, 2.05) is 31.5 Å². The van der Waals surface area contributed by atoms with Crippen LogP contribution in [0.4, 0.5) is 0 Å². The predicted molar refractivity (Wildman–Crippen MR) is 52.9 cm³/mol. The minimum absolute atomic E-state index is 0.0740. The van der Waals surface area contributed by atoms with Crippen LogP contribution in [0.15, 0.2) is 12.4 Å². The molecule has 4 heteroatoms. The molecule has 0 N–H and O–H groups in total. The molecule has 0 aliphatic rings. The first kappa shape index (κ1) is 10.8. The van der Waals surface area contributed by atoms with Crippen molar-refractivity contribution in [2.24, 2.45) is 5.92 Å². The van der Waals surface area contributed by atoms with Gasteiger partial charge < -0.3 is 9.30 Å². The van der Waals surface area contributed by atoms with Crippen molar-refractivity contribution in [1.82, 2.24) is 9.55 Å². The van der Waals surface area contributed by atoms with E-state index in [2.05, 4.69) is 4.98 Å². The number of rotatable bonds is 3. The molecule has 1 rings (SSSR count). The highest BCUT2D eigenvalue weighted by Gasteiger charge is 2.22. The van der Waals surface area contributed by atoms with Crippen LogP contribution in [-0.2, 0) is 9.53 Å². The number of nitrogens with zero attached hydrogens (tertiary/aromatic N) is 2. The predicted octanol–water partition coefficient (Wildman–Crippen LogP) is 1.56. The number of aromatic nitrogens is 2. The molecule has 0 aromatic carbocycles. The summed E-state index contributed by atoms with van der Waals surface area (Å²) in [5.74, 6) is 0.562. The Balaban J connectivity index is 2.80. The molecule has 4 nitrogen and oxygen atoms in total. The molecule has 2 atom stereocenters. The average Bonchev–Trinajstić information content (AvgIpc) is 2.61. The topological polar surface area (TPSA) is 44.1 Å². The zero-order valence-electron chi connectivity index (χ0n) is 9.02. The highest BCUT2D eigenvalue weighted by Crippen LogP contribution is 2.19. The zero-order valence-corrected chi connectivity index (χ0v) is 9.02. The number of hydrogen-bond donors (Lipinski definition) is 0. The fraction of sp³-hybridized carbons (Fsp3) is 0.600. The molecule has 0 saturated carbocycles. The number of imidazole rings is 1. The Morgan fingerprint density at radius 2 is 2.21 bits per heavy atom. The molecule has 1 aromatic heterocycles. The van der Waals surface area contributed by atoms with Crippen LogP contribution < -0.4 is 0 Å². The van der Waals surface area contributed by atoms with Crippen molar-refractivity contribution >= 4 is 5.97 Å². The van der Waals surface area contributed by atoms with Crippen molar-refractivity contribution in [1.29, 1.82) is 0 Å². The number of hydrogen-bond acceptors (Lipinski definition) is 3. The Hall–Kier alpha value is -1.32. The molecular weight excluding hydrogens is 180 g/mol. The molecule has 0 spiro atoms. The number of carbonyl (C=O) groups excluding carboxylic acids is 1. The molecule has 0 aliphatic heterocycles. The van der Waals surface area contributed by atoms with Crippen LogP contribution >= 0.6 is 0 Å². The lowest BCUT2D eigenvalue weighted by Gasteiger charge is -2.20. The van der Waals surface area contributed by atoms with Crippen LogP contribution in [-0.4, -0.2) is 22.6 Å². The number of ether oxygens (including phenoxy) is 1. The van der Waals surface area contributed by atoms with Gasteiger partial charge >= 0.3 is 5.97 Å². The third kappa shape index (κ3) is 1.95. The van der Waals surface area contributed by atoms with Crippen molar-refractivity contribution in [3.8, 4) is 0 Å². The molecule has 0 aliphatic carbocycles. The summed E-state index contributed by atoms with van der Waals surface area (Å²) in [4.78, 5) is 15.4. The van der Waals surface area contributed by atoms with Gasteiger partial charge in [0, 0.05) is 18.4 Å². The Labute approximate surface area is 83.9 Å². The molecule has 78 valence electrons. The third-order valence-corrected chi connectivity index (χ3v) is 2.60. The number of carbonyl (C=O) groups is 1. The molecule has 0 fully saturated rings. The summed E-state index contributed by atoms with van der Waals surface area (Å²) >= 11 is 0. The summed E-state index contributed by atoms with van der Waals surface area (Å²) in [6.45, 7) is 5.76. The lowest BCUT2D eigenvalue weighted by molar-refractivity contribution is -0.146. The van der Waals surface area contributed by atoms with Crippen molar-refractivity contribution in [3.05, 3.63) is 18.2 Å². The molecule has 1 heterocycles. The maximum atomic E-state index is 11.3. The van der Waals surface area contributed by atoms with E-state index in [4.69, 9.17) is 4.74 Å². The Morgan fingerprint density at radius 3 is 2.64 bits per heavy atom. The van der Waals surface area contributed by atoms with Gasteiger partial charge in [0.15, 0.2) is 0 Å². The minimum atomic E-state index is -0.189. The Kier molecular flexibility index (Phi) is 3.28. The van der Waals surface area contributed by atoms with Gasteiger partial charge in [-0.2, -0.15) is 0 Å². The van der Waals surface area contributed by atoms with Gasteiger partial charge in [-0.1, -0.05) is 0 Å². The summed E-state index contributed by atoms with van der Waals surface area (Å²) in [5.41, 5.74) is 0. The summed E-state index contributed by atoms with van der Waals surface area (Å²) in [7, 11) is 1.41. The number of esters is 1. The maximum absolute atomic E-state index is 11.3. The van der Waals surface area contributed by atoms with Crippen LogP contribution in [0.25, 0.3) is 0 Å². The molecule has 0 radical (unpaired) electrons. The van der Waals surface area contributed by atoms with E-state index in [1.54, 1.807) is 6.20 Å². The van der Waals surface area contributed by atoms with Gasteiger partial charge in [0.05, 0.1) is 13.0 Å². The van der Waals surface area contributed by atoms with Crippen LogP contribution in [0, 0.1) is 12.8 Å². The first-order chi connectivity index (χ1) is 6.57. The second kappa shape index (κ2) is 4.26. The highest BCUT2D eigenvalue weighted by molar-refractivity contribution is 5.72. The van der Waals surface area contributed by atoms with Gasteiger partial charge in [-0.05, 0) is 20.8 Å². The number of aryl methyl sites for hydroxylation is 1. The minimum Gasteiger partial charge on any atom is -0.469 e. The molecule has 2 unspecified atom stereocenters. The Bertz CT molecular complexity index is 320. The second-order valence-electron chi connectivity index (χ2n) is 3.43. The summed E-state index contributed by atoms with van der Waals surface area (Å²) in [5, 5.41) is 0. The van der Waals surface area contributed by atoms with Crippen LogP contribution in [0.2, 0.25) is 0 Å². The van der Waals surface area contributed by atoms with Crippen molar-refractivity contribution < 1.29 is 9.53 Å². The van der Waals surface area contributed by atoms with Gasteiger partial charge in [0.1, 0.15) is 5.82 Å².